The zero-order chi connectivity index (χ0) is 14.7. The molecule has 0 radical (unpaired) electrons. The van der Waals surface area contributed by atoms with Crippen LogP contribution >= 0.6 is 0 Å². The summed E-state index contributed by atoms with van der Waals surface area (Å²) in [6, 6.07) is 17.3. The van der Waals surface area contributed by atoms with Crippen LogP contribution in [-0.4, -0.2) is 12.1 Å². The lowest BCUT2D eigenvalue weighted by molar-refractivity contribution is 0.281. The summed E-state index contributed by atoms with van der Waals surface area (Å²) in [4.78, 5) is 4.57. The van der Waals surface area contributed by atoms with Gasteiger partial charge in [-0.05, 0) is 24.3 Å². The SMILES string of the molecule is COc1ccc(N)cc1OCc1ccc2ccccc2n1. The summed E-state index contributed by atoms with van der Waals surface area (Å²) < 4.78 is 11.0. The Balaban J connectivity index is 1.81. The lowest BCUT2D eigenvalue weighted by Crippen LogP contribution is -2.00. The maximum absolute atomic E-state index is 5.78. The monoisotopic (exact) mass is 280 g/mol. The molecule has 2 N–H and O–H groups in total. The van der Waals surface area contributed by atoms with Crippen molar-refractivity contribution in [2.45, 2.75) is 6.61 Å². The van der Waals surface area contributed by atoms with Crippen molar-refractivity contribution >= 4 is 16.6 Å². The van der Waals surface area contributed by atoms with E-state index in [-0.39, 0.29) is 0 Å². The van der Waals surface area contributed by atoms with Crippen molar-refractivity contribution < 1.29 is 9.47 Å². The molecule has 1 aromatic heterocycles. The third-order valence-corrected chi connectivity index (χ3v) is 3.22. The van der Waals surface area contributed by atoms with Crippen molar-refractivity contribution in [2.24, 2.45) is 0 Å². The molecule has 0 aliphatic rings. The topological polar surface area (TPSA) is 57.4 Å². The average molecular weight is 280 g/mol. The van der Waals surface area contributed by atoms with Crippen LogP contribution in [0.1, 0.15) is 5.69 Å². The normalized spacial score (nSPS) is 10.5. The van der Waals surface area contributed by atoms with Crippen LogP contribution in [-0.2, 0) is 6.61 Å². The number of aromatic nitrogens is 1. The molecule has 3 rings (SSSR count). The second-order valence-electron chi connectivity index (χ2n) is 4.69. The van der Waals surface area contributed by atoms with Gasteiger partial charge < -0.3 is 15.2 Å². The van der Waals surface area contributed by atoms with Gasteiger partial charge >= 0.3 is 0 Å². The Morgan fingerprint density at radius 2 is 1.86 bits per heavy atom. The smallest absolute Gasteiger partial charge is 0.163 e. The summed E-state index contributed by atoms with van der Waals surface area (Å²) in [5, 5.41) is 1.11. The van der Waals surface area contributed by atoms with E-state index in [0.29, 0.717) is 23.8 Å². The molecule has 0 atom stereocenters. The largest absolute Gasteiger partial charge is 0.493 e. The molecular formula is C17H16N2O2. The Morgan fingerprint density at radius 1 is 1.00 bits per heavy atom. The fourth-order valence-electron chi connectivity index (χ4n) is 2.15. The first-order valence-electron chi connectivity index (χ1n) is 6.67. The molecule has 21 heavy (non-hydrogen) atoms. The molecule has 3 aromatic rings. The number of para-hydroxylation sites is 1. The van der Waals surface area contributed by atoms with Crippen LogP contribution in [0.4, 0.5) is 5.69 Å². The van der Waals surface area contributed by atoms with E-state index < -0.39 is 0 Å². The van der Waals surface area contributed by atoms with Crippen LogP contribution in [0.3, 0.4) is 0 Å². The van der Waals surface area contributed by atoms with Crippen LogP contribution < -0.4 is 15.2 Å². The van der Waals surface area contributed by atoms with Gasteiger partial charge in [0.1, 0.15) is 6.61 Å². The van der Waals surface area contributed by atoms with E-state index in [1.54, 1.807) is 25.3 Å². The van der Waals surface area contributed by atoms with Crippen molar-refractivity contribution in [1.82, 2.24) is 4.98 Å². The number of hydrogen-bond donors (Lipinski definition) is 1. The maximum atomic E-state index is 5.78. The minimum absolute atomic E-state index is 0.366. The summed E-state index contributed by atoms with van der Waals surface area (Å²) in [5.41, 5.74) is 8.23. The molecule has 0 unspecified atom stereocenters. The minimum atomic E-state index is 0.366. The van der Waals surface area contributed by atoms with Crippen molar-refractivity contribution in [3.05, 3.63) is 60.3 Å². The molecular weight excluding hydrogens is 264 g/mol. The number of fused-ring (bicyclic) bond motifs is 1. The molecule has 0 bridgehead atoms. The van der Waals surface area contributed by atoms with Gasteiger partial charge in [0.05, 0.1) is 18.3 Å². The number of nitrogen functional groups attached to an aromatic ring is 1. The first-order valence-corrected chi connectivity index (χ1v) is 6.67. The first kappa shape index (κ1) is 13.2. The second-order valence-corrected chi connectivity index (χ2v) is 4.69. The van der Waals surface area contributed by atoms with Crippen LogP contribution in [0.25, 0.3) is 10.9 Å². The summed E-state index contributed by atoms with van der Waals surface area (Å²) >= 11 is 0. The third-order valence-electron chi connectivity index (χ3n) is 3.22. The van der Waals surface area contributed by atoms with Crippen molar-refractivity contribution in [2.75, 3.05) is 12.8 Å². The molecule has 0 amide bonds. The summed E-state index contributed by atoms with van der Waals surface area (Å²) in [6.45, 7) is 0.366. The number of anilines is 1. The van der Waals surface area contributed by atoms with E-state index in [1.165, 1.54) is 0 Å². The van der Waals surface area contributed by atoms with Gasteiger partial charge in [0, 0.05) is 17.1 Å². The Morgan fingerprint density at radius 3 is 2.71 bits per heavy atom. The maximum Gasteiger partial charge on any atom is 0.163 e. The predicted molar refractivity (Wildman–Crippen MR) is 83.5 cm³/mol. The number of methoxy groups -OCH3 is 1. The van der Waals surface area contributed by atoms with Crippen LogP contribution in [0.2, 0.25) is 0 Å². The first-order chi connectivity index (χ1) is 10.3. The Bertz CT molecular complexity index is 772. The Labute approximate surface area is 123 Å². The van der Waals surface area contributed by atoms with Gasteiger partial charge in [-0.2, -0.15) is 0 Å². The molecule has 1 heterocycles. The van der Waals surface area contributed by atoms with Crippen LogP contribution in [0, 0.1) is 0 Å². The standard InChI is InChI=1S/C17H16N2O2/c1-20-16-9-7-13(18)10-17(16)21-11-14-8-6-12-4-2-3-5-15(12)19-14/h2-10H,11,18H2,1H3. The van der Waals surface area contributed by atoms with Gasteiger partial charge in [-0.15, -0.1) is 0 Å². The average Bonchev–Trinajstić information content (AvgIpc) is 2.53. The van der Waals surface area contributed by atoms with Crippen molar-refractivity contribution in [3.63, 3.8) is 0 Å². The number of nitrogens with two attached hydrogens (primary N) is 1. The van der Waals surface area contributed by atoms with E-state index in [4.69, 9.17) is 15.2 Å². The summed E-state index contributed by atoms with van der Waals surface area (Å²) in [6.07, 6.45) is 0. The fourth-order valence-corrected chi connectivity index (χ4v) is 2.15. The van der Waals surface area contributed by atoms with Gasteiger partial charge in [0.2, 0.25) is 0 Å². The van der Waals surface area contributed by atoms with Gasteiger partial charge in [0.25, 0.3) is 0 Å². The molecule has 4 heteroatoms. The fraction of sp³-hybridized carbons (Fsp3) is 0.118. The number of hydrogen-bond acceptors (Lipinski definition) is 4. The quantitative estimate of drug-likeness (QED) is 0.744. The molecule has 0 aliphatic heterocycles. The van der Waals surface area contributed by atoms with Gasteiger partial charge in [0.15, 0.2) is 11.5 Å². The van der Waals surface area contributed by atoms with E-state index in [2.05, 4.69) is 4.98 Å². The highest BCUT2D eigenvalue weighted by Crippen LogP contribution is 2.29. The number of nitrogens with zero attached hydrogens (tertiary/aromatic N) is 1. The molecule has 0 aliphatic carbocycles. The molecule has 4 nitrogen and oxygen atoms in total. The predicted octanol–water partition coefficient (Wildman–Crippen LogP) is 3.40. The van der Waals surface area contributed by atoms with Gasteiger partial charge in [-0.3, -0.25) is 0 Å². The highest BCUT2D eigenvalue weighted by molar-refractivity contribution is 5.78. The van der Waals surface area contributed by atoms with Crippen LogP contribution in [0.15, 0.2) is 54.6 Å². The molecule has 0 saturated carbocycles. The second kappa shape index (κ2) is 5.71. The lowest BCUT2D eigenvalue weighted by atomic mass is 10.2. The number of rotatable bonds is 4. The zero-order valence-electron chi connectivity index (χ0n) is 11.7. The molecule has 2 aromatic carbocycles. The lowest BCUT2D eigenvalue weighted by Gasteiger charge is -2.11. The summed E-state index contributed by atoms with van der Waals surface area (Å²) in [7, 11) is 1.60. The molecule has 106 valence electrons. The zero-order valence-corrected chi connectivity index (χ0v) is 11.7. The van der Waals surface area contributed by atoms with E-state index in [0.717, 1.165) is 16.6 Å². The van der Waals surface area contributed by atoms with Gasteiger partial charge in [-0.1, -0.05) is 24.3 Å². The van der Waals surface area contributed by atoms with E-state index in [9.17, 15) is 0 Å². The highest BCUT2D eigenvalue weighted by atomic mass is 16.5. The highest BCUT2D eigenvalue weighted by Gasteiger charge is 2.06. The van der Waals surface area contributed by atoms with E-state index in [1.807, 2.05) is 36.4 Å². The third kappa shape index (κ3) is 2.89. The van der Waals surface area contributed by atoms with Gasteiger partial charge in [-0.25, -0.2) is 4.98 Å². The molecule has 0 spiro atoms. The number of pyridine rings is 1. The Kier molecular flexibility index (Phi) is 3.60. The Hall–Kier alpha value is -2.75. The minimum Gasteiger partial charge on any atom is -0.493 e. The van der Waals surface area contributed by atoms with E-state index >= 15 is 0 Å². The van der Waals surface area contributed by atoms with Crippen LogP contribution in [0.5, 0.6) is 11.5 Å². The molecule has 0 fully saturated rings. The van der Waals surface area contributed by atoms with Crippen molar-refractivity contribution in [1.29, 1.82) is 0 Å². The summed E-state index contributed by atoms with van der Waals surface area (Å²) in [5.74, 6) is 1.28. The molecule has 0 saturated heterocycles. The number of ether oxygens (including phenoxy) is 2. The number of benzene rings is 2. The van der Waals surface area contributed by atoms with Crippen molar-refractivity contribution in [3.8, 4) is 11.5 Å².